The number of β-amino-alcohol motifs (C(OH)–C–C–N with tert-alkyl or cyclic N) is 1. The van der Waals surface area contributed by atoms with Gasteiger partial charge in [0.25, 0.3) is 0 Å². The molecule has 1 heterocycles. The Morgan fingerprint density at radius 3 is 2.62 bits per heavy atom. The molecule has 1 saturated heterocycles. The number of hydrogen-bond donors (Lipinski definition) is 1. The Labute approximate surface area is 131 Å². The molecule has 0 aromatic heterocycles. The van der Waals surface area contributed by atoms with Gasteiger partial charge in [-0.1, -0.05) is 12.1 Å². The van der Waals surface area contributed by atoms with Crippen molar-refractivity contribution >= 4 is 17.5 Å². The van der Waals surface area contributed by atoms with Gasteiger partial charge < -0.3 is 10.0 Å². The van der Waals surface area contributed by atoms with Crippen molar-refractivity contribution in [2.45, 2.75) is 23.5 Å². The summed E-state index contributed by atoms with van der Waals surface area (Å²) in [6, 6.07) is 8.00. The van der Waals surface area contributed by atoms with Crippen LogP contribution in [0.15, 0.2) is 29.2 Å². The third kappa shape index (κ3) is 4.54. The predicted octanol–water partition coefficient (Wildman–Crippen LogP) is 1.59. The van der Waals surface area contributed by atoms with Gasteiger partial charge >= 0.3 is 0 Å². The number of carbonyl (C=O) groups excluding carboxylic acids is 1. The summed E-state index contributed by atoms with van der Waals surface area (Å²) in [5, 5.41) is 9.86. The zero-order valence-electron chi connectivity index (χ0n) is 13.0. The van der Waals surface area contributed by atoms with Crippen LogP contribution in [0.3, 0.4) is 0 Å². The number of likely N-dealkylation sites (N-methyl/N-ethyl adjacent to an activating group) is 1. The van der Waals surface area contributed by atoms with Crippen LogP contribution in [-0.2, 0) is 0 Å². The molecule has 21 heavy (non-hydrogen) atoms. The Morgan fingerprint density at radius 1 is 1.38 bits per heavy atom. The van der Waals surface area contributed by atoms with Crippen LogP contribution in [0.25, 0.3) is 0 Å². The van der Waals surface area contributed by atoms with Gasteiger partial charge in [0, 0.05) is 29.6 Å². The predicted molar refractivity (Wildman–Crippen MR) is 87.1 cm³/mol. The Bertz CT molecular complexity index is 476. The van der Waals surface area contributed by atoms with E-state index in [2.05, 4.69) is 9.80 Å². The van der Waals surface area contributed by atoms with Gasteiger partial charge in [-0.05, 0) is 38.9 Å². The van der Waals surface area contributed by atoms with E-state index in [1.807, 2.05) is 44.6 Å². The normalized spacial score (nSPS) is 22.9. The number of benzene rings is 1. The molecule has 2 rings (SSSR count). The number of nitrogens with zero attached hydrogens (tertiary/aromatic N) is 2. The van der Waals surface area contributed by atoms with Crippen molar-refractivity contribution in [2.75, 3.05) is 40.0 Å². The first-order chi connectivity index (χ1) is 9.99. The topological polar surface area (TPSA) is 43.8 Å². The zero-order valence-corrected chi connectivity index (χ0v) is 13.8. The molecule has 5 heteroatoms. The summed E-state index contributed by atoms with van der Waals surface area (Å²) in [4.78, 5) is 17.8. The smallest absolute Gasteiger partial charge is 0.176 e. The summed E-state index contributed by atoms with van der Waals surface area (Å²) in [5.74, 6) is 0.125. The molecule has 0 amide bonds. The Hall–Kier alpha value is -0.880. The number of carbonyl (C=O) groups is 1. The molecule has 0 saturated carbocycles. The highest BCUT2D eigenvalue weighted by atomic mass is 32.2. The van der Waals surface area contributed by atoms with E-state index >= 15 is 0 Å². The minimum Gasteiger partial charge on any atom is -0.392 e. The summed E-state index contributed by atoms with van der Waals surface area (Å²) in [7, 11) is 4.04. The van der Waals surface area contributed by atoms with Crippen LogP contribution in [0.4, 0.5) is 0 Å². The van der Waals surface area contributed by atoms with Crippen LogP contribution in [-0.4, -0.2) is 72.8 Å². The van der Waals surface area contributed by atoms with E-state index in [0.29, 0.717) is 13.1 Å². The van der Waals surface area contributed by atoms with Gasteiger partial charge in [0.15, 0.2) is 5.78 Å². The maximum Gasteiger partial charge on any atom is 0.176 e. The third-order valence-corrected chi connectivity index (χ3v) is 4.58. The van der Waals surface area contributed by atoms with E-state index in [1.54, 1.807) is 11.8 Å². The van der Waals surface area contributed by atoms with E-state index in [1.165, 1.54) is 0 Å². The van der Waals surface area contributed by atoms with Gasteiger partial charge in [-0.2, -0.15) is 0 Å². The first-order valence-corrected chi connectivity index (χ1v) is 8.46. The number of hydrogen-bond acceptors (Lipinski definition) is 5. The van der Waals surface area contributed by atoms with Gasteiger partial charge in [-0.25, -0.2) is 0 Å². The molecule has 1 N–H and O–H groups in total. The van der Waals surface area contributed by atoms with Crippen LogP contribution in [0.5, 0.6) is 0 Å². The second-order valence-electron chi connectivity index (χ2n) is 5.89. The molecule has 2 unspecified atom stereocenters. The molecule has 116 valence electrons. The molecule has 1 aliphatic rings. The first kappa shape index (κ1) is 16.5. The maximum atomic E-state index is 12.4. The van der Waals surface area contributed by atoms with Crippen molar-refractivity contribution in [2.24, 2.45) is 0 Å². The lowest BCUT2D eigenvalue weighted by molar-refractivity contribution is 0.0902. The molecule has 1 fully saturated rings. The van der Waals surface area contributed by atoms with Gasteiger partial charge in [0.2, 0.25) is 0 Å². The molecular formula is C16H24N2O2S. The van der Waals surface area contributed by atoms with E-state index in [9.17, 15) is 9.90 Å². The maximum absolute atomic E-state index is 12.4. The molecule has 1 aromatic rings. The summed E-state index contributed by atoms with van der Waals surface area (Å²) in [6.07, 6.45) is 2.45. The van der Waals surface area contributed by atoms with Gasteiger partial charge in [-0.15, -0.1) is 11.8 Å². The first-order valence-electron chi connectivity index (χ1n) is 7.23. The van der Waals surface area contributed by atoms with Crippen molar-refractivity contribution in [1.29, 1.82) is 0 Å². The van der Waals surface area contributed by atoms with Crippen LogP contribution in [0, 0.1) is 0 Å². The standard InChI is InChI=1S/C16H24N2O2S/c1-17(2)9-13-8-14(19)10-18(13)11-16(20)12-4-6-15(21-3)7-5-12/h4-7,13-14,19H,8-11H2,1-3H3. The SMILES string of the molecule is CSc1ccc(C(=O)CN2CC(O)CC2CN(C)C)cc1. The summed E-state index contributed by atoms with van der Waals surface area (Å²) in [5.41, 5.74) is 0.748. The fourth-order valence-corrected chi connectivity index (χ4v) is 3.22. The molecule has 4 nitrogen and oxygen atoms in total. The van der Waals surface area contributed by atoms with E-state index in [0.717, 1.165) is 23.4 Å². The van der Waals surface area contributed by atoms with E-state index < -0.39 is 0 Å². The lowest BCUT2D eigenvalue weighted by Crippen LogP contribution is -2.40. The quantitative estimate of drug-likeness (QED) is 0.638. The van der Waals surface area contributed by atoms with Crippen molar-refractivity contribution in [3.05, 3.63) is 29.8 Å². The van der Waals surface area contributed by atoms with E-state index in [4.69, 9.17) is 0 Å². The van der Waals surface area contributed by atoms with Crippen molar-refractivity contribution < 1.29 is 9.90 Å². The average Bonchev–Trinajstić information content (AvgIpc) is 2.77. The lowest BCUT2D eigenvalue weighted by atomic mass is 10.1. The van der Waals surface area contributed by atoms with Gasteiger partial charge in [-0.3, -0.25) is 9.69 Å². The third-order valence-electron chi connectivity index (χ3n) is 3.84. The number of aliphatic hydroxyl groups is 1. The molecule has 0 spiro atoms. The number of Topliss-reactive ketones (excluding diaryl/α,β-unsaturated/α-hetero) is 1. The summed E-state index contributed by atoms with van der Waals surface area (Å²) < 4.78 is 0. The summed E-state index contributed by atoms with van der Waals surface area (Å²) in [6.45, 7) is 1.84. The molecule has 0 bridgehead atoms. The second-order valence-corrected chi connectivity index (χ2v) is 6.77. The van der Waals surface area contributed by atoms with Crippen molar-refractivity contribution in [1.82, 2.24) is 9.80 Å². The number of ketones is 1. The fourth-order valence-electron chi connectivity index (χ4n) is 2.82. The minimum absolute atomic E-state index is 0.125. The molecular weight excluding hydrogens is 284 g/mol. The monoisotopic (exact) mass is 308 g/mol. The molecule has 2 atom stereocenters. The van der Waals surface area contributed by atoms with Crippen LogP contribution in [0.2, 0.25) is 0 Å². The highest BCUT2D eigenvalue weighted by Crippen LogP contribution is 2.20. The van der Waals surface area contributed by atoms with Gasteiger partial charge in [0.1, 0.15) is 0 Å². The summed E-state index contributed by atoms with van der Waals surface area (Å²) >= 11 is 1.67. The second kappa shape index (κ2) is 7.40. The number of thioether (sulfide) groups is 1. The fraction of sp³-hybridized carbons (Fsp3) is 0.562. The molecule has 1 aliphatic heterocycles. The van der Waals surface area contributed by atoms with Crippen LogP contribution >= 0.6 is 11.8 Å². The van der Waals surface area contributed by atoms with E-state index in [-0.39, 0.29) is 17.9 Å². The van der Waals surface area contributed by atoms with Crippen LogP contribution in [0.1, 0.15) is 16.8 Å². The zero-order chi connectivity index (χ0) is 15.4. The number of likely N-dealkylation sites (tertiary alicyclic amines) is 1. The lowest BCUT2D eigenvalue weighted by Gasteiger charge is -2.26. The Morgan fingerprint density at radius 2 is 2.05 bits per heavy atom. The highest BCUT2D eigenvalue weighted by molar-refractivity contribution is 7.98. The number of aliphatic hydroxyl groups excluding tert-OH is 1. The molecule has 0 aliphatic carbocycles. The van der Waals surface area contributed by atoms with Crippen molar-refractivity contribution in [3.8, 4) is 0 Å². The molecule has 1 aromatic carbocycles. The van der Waals surface area contributed by atoms with Crippen LogP contribution < -0.4 is 0 Å². The largest absolute Gasteiger partial charge is 0.392 e. The minimum atomic E-state index is -0.318. The molecule has 0 radical (unpaired) electrons. The Balaban J connectivity index is 1.99. The van der Waals surface area contributed by atoms with Gasteiger partial charge in [0.05, 0.1) is 12.6 Å². The Kier molecular flexibility index (Phi) is 5.81. The number of rotatable bonds is 6. The average molecular weight is 308 g/mol. The van der Waals surface area contributed by atoms with Crippen molar-refractivity contribution in [3.63, 3.8) is 0 Å². The highest BCUT2D eigenvalue weighted by Gasteiger charge is 2.32.